The molecule has 132 valence electrons. The van der Waals surface area contributed by atoms with Gasteiger partial charge in [0, 0.05) is 12.4 Å². The average Bonchev–Trinajstić information content (AvgIpc) is 2.46. The molecule has 0 radical (unpaired) electrons. The second-order valence-electron chi connectivity index (χ2n) is 4.11. The van der Waals surface area contributed by atoms with E-state index in [2.05, 4.69) is 9.97 Å². The first-order valence-corrected chi connectivity index (χ1v) is 5.91. The van der Waals surface area contributed by atoms with Crippen LogP contribution in [0.1, 0.15) is 17.0 Å². The standard InChI is InChI=1S/C7H3F6N.C6H4F3N/c8-6(9,10)4-2-1-3-14-5(4)7(11,12)13;7-6(8,9)5-3-1-2-4-10-5/h1-3H;1-4H. The van der Waals surface area contributed by atoms with Gasteiger partial charge in [0.15, 0.2) is 5.69 Å². The Hall–Kier alpha value is -2.33. The summed E-state index contributed by atoms with van der Waals surface area (Å²) in [7, 11) is 0. The molecule has 0 unspecified atom stereocenters. The summed E-state index contributed by atoms with van der Waals surface area (Å²) < 4.78 is 107. The Balaban J connectivity index is 0.000000254. The highest BCUT2D eigenvalue weighted by atomic mass is 19.4. The van der Waals surface area contributed by atoms with Crippen LogP contribution in [-0.2, 0) is 18.5 Å². The molecule has 11 heteroatoms. The van der Waals surface area contributed by atoms with E-state index in [9.17, 15) is 39.5 Å². The van der Waals surface area contributed by atoms with Crippen molar-refractivity contribution >= 4 is 0 Å². The second-order valence-corrected chi connectivity index (χ2v) is 4.11. The zero-order valence-corrected chi connectivity index (χ0v) is 11.3. The minimum absolute atomic E-state index is 0.343. The Labute approximate surface area is 129 Å². The van der Waals surface area contributed by atoms with Crippen LogP contribution in [0, 0.1) is 0 Å². The summed E-state index contributed by atoms with van der Waals surface area (Å²) in [4.78, 5) is 5.80. The van der Waals surface area contributed by atoms with Crippen LogP contribution in [0.15, 0.2) is 42.7 Å². The van der Waals surface area contributed by atoms with E-state index in [1.54, 1.807) is 0 Å². The number of hydrogen-bond donors (Lipinski definition) is 0. The topological polar surface area (TPSA) is 25.8 Å². The molecule has 0 bridgehead atoms. The highest BCUT2D eigenvalue weighted by Gasteiger charge is 2.44. The maximum atomic E-state index is 12.0. The SMILES string of the molecule is FC(F)(F)c1ccccn1.FC(F)(F)c1cccnc1C(F)(F)F. The molecule has 0 spiro atoms. The van der Waals surface area contributed by atoms with Gasteiger partial charge in [-0.15, -0.1) is 0 Å². The monoisotopic (exact) mass is 362 g/mol. The predicted octanol–water partition coefficient (Wildman–Crippen LogP) is 5.22. The van der Waals surface area contributed by atoms with Crippen LogP contribution in [0.25, 0.3) is 0 Å². The molecule has 0 fully saturated rings. The minimum atomic E-state index is -5.09. The Morgan fingerprint density at radius 3 is 1.50 bits per heavy atom. The van der Waals surface area contributed by atoms with Crippen LogP contribution < -0.4 is 0 Å². The van der Waals surface area contributed by atoms with Gasteiger partial charge in [0.1, 0.15) is 5.69 Å². The van der Waals surface area contributed by atoms with Crippen LogP contribution in [0.2, 0.25) is 0 Å². The number of nitrogens with zero attached hydrogens (tertiary/aromatic N) is 2. The molecule has 0 aliphatic heterocycles. The van der Waals surface area contributed by atoms with Crippen molar-refractivity contribution in [1.29, 1.82) is 0 Å². The first kappa shape index (κ1) is 19.7. The summed E-state index contributed by atoms with van der Waals surface area (Å²) in [5.41, 5.74) is -4.53. The molecule has 2 nitrogen and oxygen atoms in total. The third-order valence-electron chi connectivity index (χ3n) is 2.34. The Bertz CT molecular complexity index is 612. The molecular formula is C13H7F9N2. The molecule has 24 heavy (non-hydrogen) atoms. The van der Waals surface area contributed by atoms with Gasteiger partial charge in [-0.05, 0) is 24.3 Å². The maximum Gasteiger partial charge on any atom is 0.433 e. The van der Waals surface area contributed by atoms with Gasteiger partial charge in [-0.2, -0.15) is 39.5 Å². The van der Waals surface area contributed by atoms with E-state index in [0.717, 1.165) is 18.3 Å². The number of aromatic nitrogens is 2. The molecule has 2 aromatic heterocycles. The van der Waals surface area contributed by atoms with Gasteiger partial charge in [0.2, 0.25) is 0 Å². The van der Waals surface area contributed by atoms with E-state index in [1.807, 2.05) is 0 Å². The largest absolute Gasteiger partial charge is 0.433 e. The predicted molar refractivity (Wildman–Crippen MR) is 63.5 cm³/mol. The van der Waals surface area contributed by atoms with Gasteiger partial charge in [-0.1, -0.05) is 6.07 Å². The minimum Gasteiger partial charge on any atom is -0.252 e. The zero-order valence-electron chi connectivity index (χ0n) is 11.3. The van der Waals surface area contributed by atoms with E-state index < -0.39 is 35.5 Å². The van der Waals surface area contributed by atoms with E-state index >= 15 is 0 Å². The molecule has 0 aromatic carbocycles. The molecule has 0 aliphatic carbocycles. The van der Waals surface area contributed by atoms with Crippen molar-refractivity contribution < 1.29 is 39.5 Å². The van der Waals surface area contributed by atoms with E-state index in [0.29, 0.717) is 12.3 Å². The summed E-state index contributed by atoms with van der Waals surface area (Å²) in [5.74, 6) is 0. The fourth-order valence-corrected chi connectivity index (χ4v) is 1.39. The molecule has 0 aliphatic rings. The van der Waals surface area contributed by atoms with E-state index in [1.165, 1.54) is 12.1 Å². The molecule has 2 rings (SSSR count). The summed E-state index contributed by atoms with van der Waals surface area (Å²) >= 11 is 0. The van der Waals surface area contributed by atoms with Gasteiger partial charge in [0.05, 0.1) is 5.56 Å². The quantitative estimate of drug-likeness (QED) is 0.601. The second kappa shape index (κ2) is 7.05. The van der Waals surface area contributed by atoms with Crippen molar-refractivity contribution in [2.75, 3.05) is 0 Å². The average molecular weight is 362 g/mol. The summed E-state index contributed by atoms with van der Waals surface area (Å²) in [5, 5.41) is 0. The van der Waals surface area contributed by atoms with Crippen LogP contribution in [-0.4, -0.2) is 9.97 Å². The lowest BCUT2D eigenvalue weighted by Gasteiger charge is -2.13. The smallest absolute Gasteiger partial charge is 0.252 e. The van der Waals surface area contributed by atoms with Crippen molar-refractivity contribution in [3.8, 4) is 0 Å². The number of rotatable bonds is 0. The van der Waals surface area contributed by atoms with E-state index in [-0.39, 0.29) is 0 Å². The van der Waals surface area contributed by atoms with Crippen LogP contribution >= 0.6 is 0 Å². The van der Waals surface area contributed by atoms with Crippen molar-refractivity contribution in [2.24, 2.45) is 0 Å². The molecule has 0 saturated heterocycles. The third-order valence-corrected chi connectivity index (χ3v) is 2.34. The zero-order chi connectivity index (χ0) is 18.6. The first-order chi connectivity index (χ1) is 10.8. The fraction of sp³-hybridized carbons (Fsp3) is 0.231. The van der Waals surface area contributed by atoms with Crippen molar-refractivity contribution in [3.05, 3.63) is 59.7 Å². The molecule has 0 atom stereocenters. The van der Waals surface area contributed by atoms with Gasteiger partial charge >= 0.3 is 18.5 Å². The molecule has 2 heterocycles. The van der Waals surface area contributed by atoms with Gasteiger partial charge < -0.3 is 0 Å². The lowest BCUT2D eigenvalue weighted by molar-refractivity contribution is -0.164. The summed E-state index contributed by atoms with van der Waals surface area (Å²) in [6.07, 6.45) is -12.7. The van der Waals surface area contributed by atoms with Crippen LogP contribution in [0.4, 0.5) is 39.5 Å². The van der Waals surface area contributed by atoms with Crippen molar-refractivity contribution in [2.45, 2.75) is 18.5 Å². The highest BCUT2D eigenvalue weighted by Crippen LogP contribution is 2.38. The fourth-order valence-electron chi connectivity index (χ4n) is 1.39. The number of hydrogen-bond acceptors (Lipinski definition) is 2. The number of halogens is 9. The Morgan fingerprint density at radius 1 is 0.583 bits per heavy atom. The normalized spacial score (nSPS) is 12.4. The van der Waals surface area contributed by atoms with Crippen LogP contribution in [0.3, 0.4) is 0 Å². The molecule has 2 aromatic rings. The van der Waals surface area contributed by atoms with E-state index in [4.69, 9.17) is 0 Å². The third kappa shape index (κ3) is 5.70. The number of pyridine rings is 2. The van der Waals surface area contributed by atoms with Gasteiger partial charge in [0.25, 0.3) is 0 Å². The van der Waals surface area contributed by atoms with Crippen molar-refractivity contribution in [1.82, 2.24) is 9.97 Å². The summed E-state index contributed by atoms with van der Waals surface area (Å²) in [6.45, 7) is 0. The Morgan fingerprint density at radius 2 is 1.17 bits per heavy atom. The molecule has 0 saturated carbocycles. The lowest BCUT2D eigenvalue weighted by atomic mass is 10.2. The maximum absolute atomic E-state index is 12.0. The lowest BCUT2D eigenvalue weighted by Crippen LogP contribution is -2.17. The molecule has 0 amide bonds. The highest BCUT2D eigenvalue weighted by molar-refractivity contribution is 5.25. The van der Waals surface area contributed by atoms with Gasteiger partial charge in [-0.25, -0.2) is 0 Å². The van der Waals surface area contributed by atoms with Crippen LogP contribution in [0.5, 0.6) is 0 Å². The van der Waals surface area contributed by atoms with Gasteiger partial charge in [-0.3, -0.25) is 9.97 Å². The molecular weight excluding hydrogens is 355 g/mol. The summed E-state index contributed by atoms with van der Waals surface area (Å²) in [6, 6.07) is 4.82. The molecule has 0 N–H and O–H groups in total. The number of alkyl halides is 9. The first-order valence-electron chi connectivity index (χ1n) is 5.91. The Kier molecular flexibility index (Phi) is 5.80. The van der Waals surface area contributed by atoms with Crippen molar-refractivity contribution in [3.63, 3.8) is 0 Å².